The molecule has 1 unspecified atom stereocenters. The number of para-hydroxylation sites is 1. The number of rotatable bonds is 3. The summed E-state index contributed by atoms with van der Waals surface area (Å²) in [5.41, 5.74) is -0.259. The van der Waals surface area contributed by atoms with Gasteiger partial charge in [0.25, 0.3) is 5.56 Å². The molecule has 128 valence electrons. The number of carbonyl (C=O) groups is 1. The molecule has 1 amide bonds. The van der Waals surface area contributed by atoms with Crippen LogP contribution in [0.4, 0.5) is 0 Å². The summed E-state index contributed by atoms with van der Waals surface area (Å²) < 4.78 is 2.49. The highest BCUT2D eigenvalue weighted by molar-refractivity contribution is 5.81. The van der Waals surface area contributed by atoms with Crippen molar-refractivity contribution in [3.8, 4) is 0 Å². The molecule has 24 heavy (non-hydrogen) atoms. The van der Waals surface area contributed by atoms with Gasteiger partial charge >= 0.3 is 5.69 Å². The van der Waals surface area contributed by atoms with Gasteiger partial charge in [-0.1, -0.05) is 19.1 Å². The number of nitrogens with zero attached hydrogens (tertiary/aromatic N) is 3. The second kappa shape index (κ2) is 6.63. The maximum Gasteiger partial charge on any atom is 0.331 e. The minimum Gasteiger partial charge on any atom is -0.338 e. The molecule has 1 aliphatic rings. The third kappa shape index (κ3) is 2.77. The molecule has 0 saturated carbocycles. The van der Waals surface area contributed by atoms with Crippen molar-refractivity contribution < 1.29 is 4.79 Å². The molecule has 0 aliphatic carbocycles. The monoisotopic (exact) mass is 329 g/mol. The predicted octanol–water partition coefficient (Wildman–Crippen LogP) is 1.49. The molecule has 6 heteroatoms. The van der Waals surface area contributed by atoms with E-state index in [0.29, 0.717) is 10.9 Å². The largest absolute Gasteiger partial charge is 0.338 e. The molecule has 3 rings (SSSR count). The molecule has 1 saturated heterocycles. The van der Waals surface area contributed by atoms with Crippen LogP contribution < -0.4 is 11.2 Å². The van der Waals surface area contributed by atoms with E-state index in [1.54, 1.807) is 24.3 Å². The Hall–Kier alpha value is -2.37. The second-order valence-corrected chi connectivity index (χ2v) is 6.40. The number of hydrogen-bond acceptors (Lipinski definition) is 3. The number of aromatic nitrogens is 2. The molecule has 0 N–H and O–H groups in total. The molecular formula is C18H23N3O3. The van der Waals surface area contributed by atoms with Gasteiger partial charge < -0.3 is 4.90 Å². The average molecular weight is 329 g/mol. The van der Waals surface area contributed by atoms with Crippen molar-refractivity contribution in [1.82, 2.24) is 14.0 Å². The number of piperidine rings is 1. The smallest absolute Gasteiger partial charge is 0.331 e. The zero-order valence-electron chi connectivity index (χ0n) is 14.2. The lowest BCUT2D eigenvalue weighted by atomic mass is 10.00. The van der Waals surface area contributed by atoms with Gasteiger partial charge in [0.2, 0.25) is 5.91 Å². The minimum atomic E-state index is -0.447. The van der Waals surface area contributed by atoms with Crippen molar-refractivity contribution in [3.05, 3.63) is 45.1 Å². The number of hydrogen-bond donors (Lipinski definition) is 0. The molecule has 2 heterocycles. The fraction of sp³-hybridized carbons (Fsp3) is 0.500. The van der Waals surface area contributed by atoms with Crippen LogP contribution in [0.1, 0.15) is 32.6 Å². The van der Waals surface area contributed by atoms with Crippen LogP contribution in [0.25, 0.3) is 10.9 Å². The summed E-state index contributed by atoms with van der Waals surface area (Å²) in [6.45, 7) is 2.81. The van der Waals surface area contributed by atoms with E-state index in [4.69, 9.17) is 0 Å². The predicted molar refractivity (Wildman–Crippen MR) is 93.1 cm³/mol. The van der Waals surface area contributed by atoms with E-state index in [2.05, 4.69) is 6.92 Å². The van der Waals surface area contributed by atoms with E-state index < -0.39 is 5.69 Å². The summed E-state index contributed by atoms with van der Waals surface area (Å²) in [4.78, 5) is 39.5. The molecular weight excluding hydrogens is 306 g/mol. The third-order valence-corrected chi connectivity index (χ3v) is 4.96. The van der Waals surface area contributed by atoms with E-state index in [1.165, 1.54) is 11.6 Å². The van der Waals surface area contributed by atoms with E-state index >= 15 is 0 Å². The summed E-state index contributed by atoms with van der Waals surface area (Å²) in [7, 11) is 1.45. The Morgan fingerprint density at radius 1 is 1.21 bits per heavy atom. The lowest BCUT2D eigenvalue weighted by Gasteiger charge is -2.35. The minimum absolute atomic E-state index is 0.0238. The van der Waals surface area contributed by atoms with Gasteiger partial charge in [-0.2, -0.15) is 0 Å². The van der Waals surface area contributed by atoms with Gasteiger partial charge in [-0.25, -0.2) is 4.79 Å². The Morgan fingerprint density at radius 2 is 1.96 bits per heavy atom. The molecule has 1 fully saturated rings. The molecule has 1 aliphatic heterocycles. The van der Waals surface area contributed by atoms with E-state index in [9.17, 15) is 14.4 Å². The Morgan fingerprint density at radius 3 is 2.71 bits per heavy atom. The van der Waals surface area contributed by atoms with Crippen molar-refractivity contribution in [2.75, 3.05) is 6.54 Å². The quantitative estimate of drug-likeness (QED) is 0.857. The van der Waals surface area contributed by atoms with Gasteiger partial charge in [-0.15, -0.1) is 0 Å². The number of fused-ring (bicyclic) bond motifs is 1. The summed E-state index contributed by atoms with van der Waals surface area (Å²) in [6.07, 6.45) is 4.09. The molecule has 2 aromatic rings. The third-order valence-electron chi connectivity index (χ3n) is 4.96. The lowest BCUT2D eigenvalue weighted by Crippen LogP contribution is -2.47. The number of likely N-dealkylation sites (tertiary alicyclic amines) is 1. The van der Waals surface area contributed by atoms with Gasteiger partial charge in [0.05, 0.1) is 10.9 Å². The molecule has 0 spiro atoms. The normalized spacial score (nSPS) is 18.1. The van der Waals surface area contributed by atoms with Crippen LogP contribution in [0.15, 0.2) is 33.9 Å². The van der Waals surface area contributed by atoms with Crippen LogP contribution in [0, 0.1) is 0 Å². The van der Waals surface area contributed by atoms with Crippen LogP contribution >= 0.6 is 0 Å². The van der Waals surface area contributed by atoms with Gasteiger partial charge in [-0.05, 0) is 37.8 Å². The van der Waals surface area contributed by atoms with Crippen LogP contribution in [0.5, 0.6) is 0 Å². The Bertz CT molecular complexity index is 881. The van der Waals surface area contributed by atoms with Crippen molar-refractivity contribution in [2.45, 2.75) is 45.2 Å². The van der Waals surface area contributed by atoms with Crippen molar-refractivity contribution in [3.63, 3.8) is 0 Å². The number of benzene rings is 1. The molecule has 0 radical (unpaired) electrons. The van der Waals surface area contributed by atoms with Crippen LogP contribution in [-0.4, -0.2) is 32.5 Å². The summed E-state index contributed by atoms with van der Waals surface area (Å²) >= 11 is 0. The molecule has 0 bridgehead atoms. The summed E-state index contributed by atoms with van der Waals surface area (Å²) in [5.74, 6) is -0.0487. The zero-order valence-corrected chi connectivity index (χ0v) is 14.2. The van der Waals surface area contributed by atoms with Crippen molar-refractivity contribution in [1.29, 1.82) is 0 Å². The highest BCUT2D eigenvalue weighted by Crippen LogP contribution is 2.20. The number of carbonyl (C=O) groups excluding carboxylic acids is 1. The van der Waals surface area contributed by atoms with Crippen LogP contribution in [-0.2, 0) is 18.4 Å². The van der Waals surface area contributed by atoms with Crippen LogP contribution in [0.3, 0.4) is 0 Å². The molecule has 1 aromatic heterocycles. The SMILES string of the molecule is CCC1CCCCN1C(=O)Cn1c(=O)n(C)c(=O)c2ccccc21. The second-order valence-electron chi connectivity index (χ2n) is 6.40. The topological polar surface area (TPSA) is 64.3 Å². The maximum atomic E-state index is 12.8. The zero-order chi connectivity index (χ0) is 17.3. The molecule has 6 nitrogen and oxygen atoms in total. The highest BCUT2D eigenvalue weighted by Gasteiger charge is 2.26. The molecule has 1 atom stereocenters. The lowest BCUT2D eigenvalue weighted by molar-refractivity contribution is -0.135. The summed E-state index contributed by atoms with van der Waals surface area (Å²) in [6, 6.07) is 7.20. The molecule has 1 aromatic carbocycles. The van der Waals surface area contributed by atoms with Crippen LogP contribution in [0.2, 0.25) is 0 Å². The first-order valence-electron chi connectivity index (χ1n) is 8.52. The Kier molecular flexibility index (Phi) is 4.55. The van der Waals surface area contributed by atoms with Gasteiger partial charge in [0.1, 0.15) is 6.54 Å². The first-order valence-corrected chi connectivity index (χ1v) is 8.52. The van der Waals surface area contributed by atoms with Crippen molar-refractivity contribution >= 4 is 16.8 Å². The Balaban J connectivity index is 2.02. The highest BCUT2D eigenvalue weighted by atomic mass is 16.2. The van der Waals surface area contributed by atoms with E-state index in [0.717, 1.165) is 36.8 Å². The standard InChI is InChI=1S/C18H23N3O3/c1-3-13-8-6-7-11-20(13)16(22)12-21-15-10-5-4-9-14(15)17(23)19(2)18(21)24/h4-5,9-10,13H,3,6-8,11-12H2,1-2H3. The van der Waals surface area contributed by atoms with Gasteiger partial charge in [0, 0.05) is 19.6 Å². The average Bonchev–Trinajstić information content (AvgIpc) is 2.63. The van der Waals surface area contributed by atoms with Gasteiger partial charge in [-0.3, -0.25) is 18.7 Å². The fourth-order valence-electron chi connectivity index (χ4n) is 3.57. The maximum absolute atomic E-state index is 12.8. The number of amides is 1. The fourth-order valence-corrected chi connectivity index (χ4v) is 3.57. The first-order chi connectivity index (χ1) is 11.5. The van der Waals surface area contributed by atoms with E-state index in [-0.39, 0.29) is 24.1 Å². The van der Waals surface area contributed by atoms with E-state index in [1.807, 2.05) is 4.90 Å². The van der Waals surface area contributed by atoms with Crippen molar-refractivity contribution in [2.24, 2.45) is 7.05 Å². The Labute approximate surface area is 140 Å². The first kappa shape index (κ1) is 16.5. The summed E-state index contributed by atoms with van der Waals surface area (Å²) in [5, 5.41) is 0.457. The van der Waals surface area contributed by atoms with Gasteiger partial charge in [0.15, 0.2) is 0 Å².